The van der Waals surface area contributed by atoms with E-state index in [0.29, 0.717) is 11.6 Å². The summed E-state index contributed by atoms with van der Waals surface area (Å²) in [7, 11) is 0. The average molecular weight is 287 g/mol. The summed E-state index contributed by atoms with van der Waals surface area (Å²) in [5, 5.41) is 8.39. The highest BCUT2D eigenvalue weighted by Gasteiger charge is 2.31. The van der Waals surface area contributed by atoms with Crippen LogP contribution in [0, 0.1) is 0 Å². The standard InChI is InChI=1S/C14H17N5O2/c15-14(20)9-4-16-19(5-9)10-6-18(7-10)8-12-11-2-1-3-13(11)21-17-12/h4-5,10H,1-3,6-8H2,(H2,15,20). The molecule has 1 aliphatic carbocycles. The van der Waals surface area contributed by atoms with E-state index in [2.05, 4.69) is 15.2 Å². The van der Waals surface area contributed by atoms with Gasteiger partial charge in [0.1, 0.15) is 11.5 Å². The SMILES string of the molecule is NC(=O)c1cnn(C2CN(Cc3noc4c3CCC4)C2)c1. The highest BCUT2D eigenvalue weighted by atomic mass is 16.5. The van der Waals surface area contributed by atoms with E-state index in [9.17, 15) is 4.79 Å². The van der Waals surface area contributed by atoms with Gasteiger partial charge in [0.05, 0.1) is 17.8 Å². The van der Waals surface area contributed by atoms with E-state index >= 15 is 0 Å². The van der Waals surface area contributed by atoms with E-state index in [0.717, 1.165) is 43.9 Å². The lowest BCUT2D eigenvalue weighted by molar-refractivity contribution is 0.0878. The molecule has 1 aliphatic heterocycles. The van der Waals surface area contributed by atoms with Crippen molar-refractivity contribution in [1.29, 1.82) is 0 Å². The second kappa shape index (κ2) is 4.70. The molecular formula is C14H17N5O2. The van der Waals surface area contributed by atoms with Gasteiger partial charge in [0.25, 0.3) is 5.91 Å². The molecular weight excluding hydrogens is 270 g/mol. The van der Waals surface area contributed by atoms with Gasteiger partial charge in [-0.2, -0.15) is 5.10 Å². The van der Waals surface area contributed by atoms with Crippen LogP contribution in [-0.4, -0.2) is 38.8 Å². The van der Waals surface area contributed by atoms with Gasteiger partial charge in [-0.1, -0.05) is 5.16 Å². The molecule has 0 saturated carbocycles. The van der Waals surface area contributed by atoms with Gasteiger partial charge in [-0.3, -0.25) is 14.4 Å². The van der Waals surface area contributed by atoms with Gasteiger partial charge in [-0.15, -0.1) is 0 Å². The molecule has 1 amide bonds. The maximum absolute atomic E-state index is 11.1. The zero-order valence-corrected chi connectivity index (χ0v) is 11.7. The molecule has 2 aromatic rings. The summed E-state index contributed by atoms with van der Waals surface area (Å²) >= 11 is 0. The fraction of sp³-hybridized carbons (Fsp3) is 0.500. The lowest BCUT2D eigenvalue weighted by Crippen LogP contribution is -2.47. The van der Waals surface area contributed by atoms with Crippen LogP contribution in [0.1, 0.15) is 39.8 Å². The molecule has 0 spiro atoms. The normalized spacial score (nSPS) is 18.7. The van der Waals surface area contributed by atoms with Crippen molar-refractivity contribution >= 4 is 5.91 Å². The third kappa shape index (κ3) is 2.13. The second-order valence-electron chi connectivity index (χ2n) is 5.81. The molecule has 1 fully saturated rings. The molecule has 110 valence electrons. The van der Waals surface area contributed by atoms with Gasteiger partial charge in [0.2, 0.25) is 0 Å². The Kier molecular flexibility index (Phi) is 2.81. The lowest BCUT2D eigenvalue weighted by atomic mass is 10.1. The first-order valence-electron chi connectivity index (χ1n) is 7.23. The Balaban J connectivity index is 1.37. The smallest absolute Gasteiger partial charge is 0.251 e. The van der Waals surface area contributed by atoms with Crippen LogP contribution in [0.3, 0.4) is 0 Å². The first-order chi connectivity index (χ1) is 10.2. The summed E-state index contributed by atoms with van der Waals surface area (Å²) in [6, 6.07) is 0.304. The minimum Gasteiger partial charge on any atom is -0.366 e. The van der Waals surface area contributed by atoms with Gasteiger partial charge < -0.3 is 10.3 Å². The van der Waals surface area contributed by atoms with Gasteiger partial charge in [0, 0.05) is 37.8 Å². The van der Waals surface area contributed by atoms with Crippen molar-refractivity contribution in [1.82, 2.24) is 19.8 Å². The summed E-state index contributed by atoms with van der Waals surface area (Å²) in [4.78, 5) is 13.4. The highest BCUT2D eigenvalue weighted by molar-refractivity contribution is 5.92. The number of aromatic nitrogens is 3. The van der Waals surface area contributed by atoms with Crippen molar-refractivity contribution in [2.75, 3.05) is 13.1 Å². The van der Waals surface area contributed by atoms with E-state index < -0.39 is 5.91 Å². The zero-order chi connectivity index (χ0) is 14.4. The van der Waals surface area contributed by atoms with Gasteiger partial charge in [-0.25, -0.2) is 0 Å². The van der Waals surface area contributed by atoms with Gasteiger partial charge >= 0.3 is 0 Å². The molecule has 21 heavy (non-hydrogen) atoms. The molecule has 0 atom stereocenters. The molecule has 7 heteroatoms. The maximum atomic E-state index is 11.1. The Morgan fingerprint density at radius 3 is 3.05 bits per heavy atom. The summed E-state index contributed by atoms with van der Waals surface area (Å²) in [5.74, 6) is 0.635. The maximum Gasteiger partial charge on any atom is 0.251 e. The molecule has 0 unspecified atom stereocenters. The van der Waals surface area contributed by atoms with Crippen LogP contribution >= 0.6 is 0 Å². The molecule has 4 rings (SSSR count). The molecule has 0 bridgehead atoms. The van der Waals surface area contributed by atoms with Crippen molar-refractivity contribution < 1.29 is 9.32 Å². The zero-order valence-electron chi connectivity index (χ0n) is 11.7. The summed E-state index contributed by atoms with van der Waals surface area (Å²) in [5.41, 5.74) is 8.09. The number of fused-ring (bicyclic) bond motifs is 1. The Hall–Kier alpha value is -2.15. The number of rotatable bonds is 4. The predicted octanol–water partition coefficient (Wildman–Crippen LogP) is 0.516. The van der Waals surface area contributed by atoms with Crippen LogP contribution in [0.15, 0.2) is 16.9 Å². The minimum absolute atomic E-state index is 0.304. The summed E-state index contributed by atoms with van der Waals surface area (Å²) in [6.45, 7) is 2.64. The highest BCUT2D eigenvalue weighted by Crippen LogP contribution is 2.28. The molecule has 3 heterocycles. The Morgan fingerprint density at radius 1 is 1.43 bits per heavy atom. The molecule has 0 aromatic carbocycles. The number of carbonyl (C=O) groups is 1. The summed E-state index contributed by atoms with van der Waals surface area (Å²) in [6.07, 6.45) is 6.53. The Bertz CT molecular complexity index is 683. The first-order valence-corrected chi connectivity index (χ1v) is 7.23. The van der Waals surface area contributed by atoms with Crippen molar-refractivity contribution in [3.05, 3.63) is 35.0 Å². The van der Waals surface area contributed by atoms with Crippen LogP contribution in [0.25, 0.3) is 0 Å². The third-order valence-corrected chi connectivity index (χ3v) is 4.35. The Labute approximate surface area is 121 Å². The van der Waals surface area contributed by atoms with Crippen LogP contribution < -0.4 is 5.73 Å². The second-order valence-corrected chi connectivity index (χ2v) is 5.81. The van der Waals surface area contributed by atoms with Crippen LogP contribution in [0.4, 0.5) is 0 Å². The van der Waals surface area contributed by atoms with Crippen LogP contribution in [0.5, 0.6) is 0 Å². The van der Waals surface area contributed by atoms with E-state index in [4.69, 9.17) is 10.3 Å². The number of nitrogens with zero attached hydrogens (tertiary/aromatic N) is 4. The molecule has 0 radical (unpaired) electrons. The van der Waals surface area contributed by atoms with Crippen molar-refractivity contribution in [2.45, 2.75) is 31.8 Å². The quantitative estimate of drug-likeness (QED) is 0.885. The van der Waals surface area contributed by atoms with Crippen LogP contribution in [0.2, 0.25) is 0 Å². The average Bonchev–Trinajstić information content (AvgIpc) is 3.10. The molecule has 2 N–H and O–H groups in total. The van der Waals surface area contributed by atoms with E-state index in [-0.39, 0.29) is 0 Å². The minimum atomic E-state index is -0.435. The topological polar surface area (TPSA) is 90.2 Å². The molecule has 2 aromatic heterocycles. The number of primary amides is 1. The number of aryl methyl sites for hydroxylation is 1. The number of nitrogens with two attached hydrogens (primary N) is 1. The number of hydrogen-bond acceptors (Lipinski definition) is 5. The number of hydrogen-bond donors (Lipinski definition) is 1. The van der Waals surface area contributed by atoms with E-state index in [1.165, 1.54) is 18.2 Å². The van der Waals surface area contributed by atoms with Gasteiger partial charge in [-0.05, 0) is 12.8 Å². The summed E-state index contributed by atoms with van der Waals surface area (Å²) < 4.78 is 7.20. The van der Waals surface area contributed by atoms with E-state index in [1.54, 1.807) is 6.20 Å². The number of likely N-dealkylation sites (tertiary alicyclic amines) is 1. The molecule has 7 nitrogen and oxygen atoms in total. The third-order valence-electron chi connectivity index (χ3n) is 4.35. The van der Waals surface area contributed by atoms with Crippen molar-refractivity contribution in [3.63, 3.8) is 0 Å². The van der Waals surface area contributed by atoms with Gasteiger partial charge in [0.15, 0.2) is 0 Å². The first kappa shape index (κ1) is 12.6. The number of carbonyl (C=O) groups excluding carboxylic acids is 1. The van der Waals surface area contributed by atoms with Crippen molar-refractivity contribution in [3.8, 4) is 0 Å². The molecule has 2 aliphatic rings. The fourth-order valence-electron chi connectivity index (χ4n) is 3.13. The van der Waals surface area contributed by atoms with Crippen LogP contribution in [-0.2, 0) is 19.4 Å². The lowest BCUT2D eigenvalue weighted by Gasteiger charge is -2.38. The largest absolute Gasteiger partial charge is 0.366 e. The monoisotopic (exact) mass is 287 g/mol. The predicted molar refractivity (Wildman–Crippen MR) is 73.6 cm³/mol. The number of amides is 1. The Morgan fingerprint density at radius 2 is 2.29 bits per heavy atom. The fourth-order valence-corrected chi connectivity index (χ4v) is 3.13. The van der Waals surface area contributed by atoms with E-state index in [1.807, 2.05) is 4.68 Å². The molecule has 1 saturated heterocycles. The van der Waals surface area contributed by atoms with Crippen molar-refractivity contribution in [2.24, 2.45) is 5.73 Å².